The van der Waals surface area contributed by atoms with Crippen LogP contribution in [-0.2, 0) is 0 Å². The van der Waals surface area contributed by atoms with E-state index in [1.54, 1.807) is 17.1 Å². The molecule has 1 aliphatic rings. The normalized spacial score (nSPS) is 15.4. The van der Waals surface area contributed by atoms with Crippen LogP contribution < -0.4 is 5.43 Å². The monoisotopic (exact) mass is 406 g/mol. The molecule has 160 valence electrons. The number of rotatable bonds is 6. The van der Waals surface area contributed by atoms with Gasteiger partial charge in [0, 0.05) is 11.1 Å². The number of aryl methyl sites for hydroxylation is 2. The summed E-state index contributed by atoms with van der Waals surface area (Å²) in [7, 11) is 0. The smallest absolute Gasteiger partial charge is 0.267 e. The zero-order valence-electron chi connectivity index (χ0n) is 18.5. The third-order valence-electron chi connectivity index (χ3n) is 6.06. The minimum absolute atomic E-state index is 0.0104. The van der Waals surface area contributed by atoms with E-state index in [9.17, 15) is 9.59 Å². The molecule has 0 spiro atoms. The maximum absolute atomic E-state index is 13.7. The molecule has 0 unspecified atom stereocenters. The van der Waals surface area contributed by atoms with Crippen molar-refractivity contribution in [2.24, 2.45) is 5.92 Å². The molecule has 1 saturated carbocycles. The first kappa shape index (κ1) is 22.1. The van der Waals surface area contributed by atoms with Crippen LogP contribution >= 0.6 is 0 Å². The number of carbonyl (C=O) groups is 2. The largest absolute Gasteiger partial charge is 0.272 e. The molecule has 4 heteroatoms. The molecule has 3 rings (SSSR count). The molecule has 30 heavy (non-hydrogen) atoms. The Morgan fingerprint density at radius 2 is 1.60 bits per heavy atom. The lowest BCUT2D eigenvalue weighted by Gasteiger charge is -2.39. The molecule has 1 fully saturated rings. The van der Waals surface area contributed by atoms with Gasteiger partial charge < -0.3 is 0 Å². The highest BCUT2D eigenvalue weighted by molar-refractivity contribution is 5.99. The number of hydrogen-bond donors (Lipinski definition) is 1. The van der Waals surface area contributed by atoms with Gasteiger partial charge in [-0.15, -0.1) is 0 Å². The minimum Gasteiger partial charge on any atom is -0.267 e. The average molecular weight is 407 g/mol. The molecule has 2 aromatic rings. The van der Waals surface area contributed by atoms with E-state index in [0.717, 1.165) is 36.8 Å². The Labute approximate surface area is 180 Å². The highest BCUT2D eigenvalue weighted by atomic mass is 16.2. The number of benzene rings is 2. The van der Waals surface area contributed by atoms with Gasteiger partial charge in [-0.3, -0.25) is 15.0 Å². The third kappa shape index (κ3) is 5.50. The fraction of sp³-hybridized carbons (Fsp3) is 0.462. The van der Waals surface area contributed by atoms with Crippen LogP contribution in [0.15, 0.2) is 48.5 Å². The topological polar surface area (TPSA) is 49.4 Å². The lowest BCUT2D eigenvalue weighted by molar-refractivity contribution is 0.0333. The molecule has 0 saturated heterocycles. The number of carbonyl (C=O) groups excluding carboxylic acids is 2. The molecular weight excluding hydrogens is 372 g/mol. The Hall–Kier alpha value is -2.62. The second-order valence-corrected chi connectivity index (χ2v) is 8.61. The van der Waals surface area contributed by atoms with Crippen LogP contribution in [-0.4, -0.2) is 22.9 Å². The average Bonchev–Trinajstić information content (AvgIpc) is 2.76. The van der Waals surface area contributed by atoms with Crippen LogP contribution in [0, 0.1) is 19.8 Å². The van der Waals surface area contributed by atoms with E-state index in [1.807, 2.05) is 44.2 Å². The van der Waals surface area contributed by atoms with Crippen LogP contribution in [0.5, 0.6) is 0 Å². The van der Waals surface area contributed by atoms with Gasteiger partial charge in [0.2, 0.25) is 0 Å². The molecule has 0 bridgehead atoms. The summed E-state index contributed by atoms with van der Waals surface area (Å²) < 4.78 is 0. The number of hydrogen-bond acceptors (Lipinski definition) is 2. The predicted octanol–water partition coefficient (Wildman–Crippen LogP) is 5.84. The van der Waals surface area contributed by atoms with Crippen molar-refractivity contribution in [2.45, 2.75) is 71.8 Å². The highest BCUT2D eigenvalue weighted by Crippen LogP contribution is 2.31. The van der Waals surface area contributed by atoms with Gasteiger partial charge in [0.25, 0.3) is 11.8 Å². The zero-order valence-corrected chi connectivity index (χ0v) is 18.5. The third-order valence-corrected chi connectivity index (χ3v) is 6.06. The van der Waals surface area contributed by atoms with Crippen LogP contribution in [0.2, 0.25) is 0 Å². The van der Waals surface area contributed by atoms with E-state index in [1.165, 1.54) is 19.3 Å². The van der Waals surface area contributed by atoms with Crippen molar-refractivity contribution in [3.63, 3.8) is 0 Å². The summed E-state index contributed by atoms with van der Waals surface area (Å²) in [6, 6.07) is 15.0. The molecule has 1 N–H and O–H groups in total. The summed E-state index contributed by atoms with van der Waals surface area (Å²) in [6.07, 6.45) is 7.74. The number of amides is 2. The Morgan fingerprint density at radius 3 is 2.20 bits per heavy atom. The SMILES string of the molecule is CCC[C@H](C1CCCCC1)N(NC(=O)c1ccccc1)C(=O)c1cc(C)cc(C)c1. The summed E-state index contributed by atoms with van der Waals surface area (Å²) in [5.41, 5.74) is 6.31. The molecule has 1 aliphatic carbocycles. The van der Waals surface area contributed by atoms with Gasteiger partial charge in [0.15, 0.2) is 0 Å². The lowest BCUT2D eigenvalue weighted by Crippen LogP contribution is -2.54. The van der Waals surface area contributed by atoms with E-state index < -0.39 is 0 Å². The Kier molecular flexibility index (Phi) is 7.67. The summed E-state index contributed by atoms with van der Waals surface area (Å²) in [5, 5.41) is 1.66. The quantitative estimate of drug-likeness (QED) is 0.613. The number of nitrogens with one attached hydrogen (secondary N) is 1. The van der Waals surface area contributed by atoms with E-state index in [-0.39, 0.29) is 17.9 Å². The van der Waals surface area contributed by atoms with E-state index in [2.05, 4.69) is 18.4 Å². The van der Waals surface area contributed by atoms with Gasteiger partial charge in [-0.25, -0.2) is 5.01 Å². The van der Waals surface area contributed by atoms with Crippen molar-refractivity contribution in [3.8, 4) is 0 Å². The van der Waals surface area contributed by atoms with Crippen LogP contribution in [0.3, 0.4) is 0 Å². The fourth-order valence-corrected chi connectivity index (χ4v) is 4.68. The first-order valence-electron chi connectivity index (χ1n) is 11.3. The number of nitrogens with zero attached hydrogens (tertiary/aromatic N) is 1. The highest BCUT2D eigenvalue weighted by Gasteiger charge is 2.33. The van der Waals surface area contributed by atoms with Gasteiger partial charge in [0.1, 0.15) is 0 Å². The second kappa shape index (κ2) is 10.4. The van der Waals surface area contributed by atoms with Crippen molar-refractivity contribution in [2.75, 3.05) is 0 Å². The summed E-state index contributed by atoms with van der Waals surface area (Å²) >= 11 is 0. The first-order chi connectivity index (χ1) is 14.5. The minimum atomic E-state index is -0.231. The molecule has 4 nitrogen and oxygen atoms in total. The van der Waals surface area contributed by atoms with Crippen molar-refractivity contribution >= 4 is 11.8 Å². The molecule has 0 aromatic heterocycles. The molecule has 1 atom stereocenters. The molecule has 0 aliphatic heterocycles. The molecule has 2 aromatic carbocycles. The fourth-order valence-electron chi connectivity index (χ4n) is 4.68. The Morgan fingerprint density at radius 1 is 0.967 bits per heavy atom. The predicted molar refractivity (Wildman–Crippen MR) is 121 cm³/mol. The van der Waals surface area contributed by atoms with Gasteiger partial charge in [-0.2, -0.15) is 0 Å². The Balaban J connectivity index is 1.95. The van der Waals surface area contributed by atoms with E-state index >= 15 is 0 Å². The summed E-state index contributed by atoms with van der Waals surface area (Å²) in [4.78, 5) is 26.7. The lowest BCUT2D eigenvalue weighted by atomic mass is 9.81. The molecule has 0 radical (unpaired) electrons. The summed E-state index contributed by atoms with van der Waals surface area (Å²) in [6.45, 7) is 6.15. The standard InChI is InChI=1S/C26H34N2O2/c1-4-11-24(21-12-7-5-8-13-21)28(27-25(29)22-14-9-6-10-15-22)26(30)23-17-19(2)16-20(3)18-23/h6,9-10,14-18,21,24H,4-5,7-8,11-13H2,1-3H3,(H,27,29)/t24-/m1/s1. The van der Waals surface area contributed by atoms with Gasteiger partial charge in [-0.1, -0.05) is 68.0 Å². The van der Waals surface area contributed by atoms with E-state index in [0.29, 0.717) is 17.0 Å². The zero-order chi connectivity index (χ0) is 21.5. The van der Waals surface area contributed by atoms with Crippen molar-refractivity contribution in [1.29, 1.82) is 0 Å². The summed E-state index contributed by atoms with van der Waals surface area (Å²) in [5.74, 6) is 0.0740. The molecule has 2 amide bonds. The molecule has 0 heterocycles. The van der Waals surface area contributed by atoms with Crippen molar-refractivity contribution in [1.82, 2.24) is 10.4 Å². The van der Waals surface area contributed by atoms with Gasteiger partial charge in [-0.05, 0) is 63.3 Å². The maximum atomic E-state index is 13.7. The number of hydrazine groups is 1. The van der Waals surface area contributed by atoms with Crippen LogP contribution in [0.25, 0.3) is 0 Å². The van der Waals surface area contributed by atoms with Gasteiger partial charge >= 0.3 is 0 Å². The van der Waals surface area contributed by atoms with Crippen LogP contribution in [0.4, 0.5) is 0 Å². The first-order valence-corrected chi connectivity index (χ1v) is 11.3. The van der Waals surface area contributed by atoms with Crippen LogP contribution in [0.1, 0.15) is 83.7 Å². The second-order valence-electron chi connectivity index (χ2n) is 8.61. The molecular formula is C26H34N2O2. The van der Waals surface area contributed by atoms with Gasteiger partial charge in [0.05, 0.1) is 6.04 Å². The maximum Gasteiger partial charge on any atom is 0.272 e. The van der Waals surface area contributed by atoms with Crippen molar-refractivity contribution in [3.05, 3.63) is 70.8 Å². The van der Waals surface area contributed by atoms with E-state index in [4.69, 9.17) is 0 Å². The Bertz CT molecular complexity index is 836. The van der Waals surface area contributed by atoms with Crippen molar-refractivity contribution < 1.29 is 9.59 Å².